The SMILES string of the molecule is N#Cc1ccc(C#Cc2ccc(-c3c(-c4ccc(C#Cc5ccc(C#N)cc5)cc4)c(-c4ccc(C#Cc5ccc(C#N)cc5)cc4)c(-c4ccc(C#Cc5ccc(C#N)cc5)cc4)c(-c4ccc(C#Cc5ccc(C#N)cc5)cc4)c3-c3ccc(C#Cc4ccc(C#N)cc4)cc3)cc2)cc1. The Labute approximate surface area is 593 Å². The molecule has 462 valence electrons. The lowest BCUT2D eigenvalue weighted by molar-refractivity contribution is 1.48. The van der Waals surface area contributed by atoms with E-state index in [2.05, 4.69) is 180 Å². The lowest BCUT2D eigenvalue weighted by Gasteiger charge is -2.29. The van der Waals surface area contributed by atoms with Crippen LogP contribution in [-0.2, 0) is 0 Å². The van der Waals surface area contributed by atoms with Crippen LogP contribution in [0.1, 0.15) is 100 Å². The molecule has 102 heavy (non-hydrogen) atoms. The molecule has 0 N–H and O–H groups in total. The average molecular weight is 1290 g/mol. The molecule has 0 amide bonds. The van der Waals surface area contributed by atoms with Crippen LogP contribution in [0.4, 0.5) is 0 Å². The van der Waals surface area contributed by atoms with E-state index in [4.69, 9.17) is 0 Å². The van der Waals surface area contributed by atoms with Crippen LogP contribution >= 0.6 is 0 Å². The summed E-state index contributed by atoms with van der Waals surface area (Å²) in [6.45, 7) is 0. The van der Waals surface area contributed by atoms with Gasteiger partial charge in [-0.1, -0.05) is 144 Å². The Balaban J connectivity index is 1.12. The van der Waals surface area contributed by atoms with Gasteiger partial charge in [-0.3, -0.25) is 0 Å². The molecular weight excluding hydrogens is 1240 g/mol. The highest BCUT2D eigenvalue weighted by atomic mass is 14.3. The molecule has 0 spiro atoms. The molecule has 0 bridgehead atoms. The minimum Gasteiger partial charge on any atom is -0.192 e. The number of hydrogen-bond donors (Lipinski definition) is 0. The molecule has 0 saturated heterocycles. The molecule has 13 rings (SSSR count). The van der Waals surface area contributed by atoms with E-state index in [1.54, 1.807) is 72.8 Å². The van der Waals surface area contributed by atoms with Gasteiger partial charge in [-0.05, 0) is 285 Å². The van der Waals surface area contributed by atoms with E-state index in [-0.39, 0.29) is 0 Å². The summed E-state index contributed by atoms with van der Waals surface area (Å²) < 4.78 is 0. The van der Waals surface area contributed by atoms with Gasteiger partial charge in [0.1, 0.15) is 0 Å². The molecule has 13 aromatic rings. The molecule has 0 saturated carbocycles. The van der Waals surface area contributed by atoms with Gasteiger partial charge in [0, 0.05) is 66.8 Å². The van der Waals surface area contributed by atoms with E-state index in [1.165, 1.54) is 0 Å². The third-order valence-electron chi connectivity index (χ3n) is 16.7. The Kier molecular flexibility index (Phi) is 19.5. The van der Waals surface area contributed by atoms with Crippen molar-refractivity contribution in [3.63, 3.8) is 0 Å². The fourth-order valence-electron chi connectivity index (χ4n) is 11.4. The molecule has 6 heteroatoms. The highest BCUT2D eigenvalue weighted by Crippen LogP contribution is 2.56. The molecule has 0 fully saturated rings. The van der Waals surface area contributed by atoms with Crippen LogP contribution in [0.2, 0.25) is 0 Å². The van der Waals surface area contributed by atoms with Crippen LogP contribution in [0.5, 0.6) is 0 Å². The lowest BCUT2D eigenvalue weighted by atomic mass is 9.74. The fourth-order valence-corrected chi connectivity index (χ4v) is 11.4. The summed E-state index contributed by atoms with van der Waals surface area (Å²) in [5.74, 6) is 40.1. The largest absolute Gasteiger partial charge is 0.192 e. The summed E-state index contributed by atoms with van der Waals surface area (Å²) in [6, 6.07) is 106. The van der Waals surface area contributed by atoms with Crippen LogP contribution in [0.15, 0.2) is 291 Å². The van der Waals surface area contributed by atoms with E-state index in [9.17, 15) is 31.6 Å². The molecule has 13 aromatic carbocycles. The molecular formula is C96H48N6. The van der Waals surface area contributed by atoms with Crippen LogP contribution in [0.25, 0.3) is 66.8 Å². The van der Waals surface area contributed by atoms with Gasteiger partial charge in [0.05, 0.1) is 69.8 Å². The zero-order valence-corrected chi connectivity index (χ0v) is 54.4. The lowest BCUT2D eigenvalue weighted by Crippen LogP contribution is -2.02. The highest BCUT2D eigenvalue weighted by Gasteiger charge is 2.29. The number of nitriles is 6. The third-order valence-corrected chi connectivity index (χ3v) is 16.7. The number of nitrogens with zero attached hydrogens (tertiary/aromatic N) is 6. The quantitative estimate of drug-likeness (QED) is 0.152. The van der Waals surface area contributed by atoms with E-state index < -0.39 is 0 Å². The van der Waals surface area contributed by atoms with E-state index >= 15 is 0 Å². The molecule has 0 aliphatic rings. The molecule has 0 aliphatic heterocycles. The van der Waals surface area contributed by atoms with E-state index in [0.29, 0.717) is 33.4 Å². The fraction of sp³-hybridized carbons (Fsp3) is 0. The van der Waals surface area contributed by atoms with Gasteiger partial charge in [-0.25, -0.2) is 0 Å². The van der Waals surface area contributed by atoms with Gasteiger partial charge in [0.15, 0.2) is 0 Å². The number of benzene rings is 13. The van der Waals surface area contributed by atoms with Crippen molar-refractivity contribution in [2.75, 3.05) is 0 Å². The summed E-state index contributed by atoms with van der Waals surface area (Å²) in [5.41, 5.74) is 23.3. The van der Waals surface area contributed by atoms with Crippen molar-refractivity contribution in [2.24, 2.45) is 0 Å². The third kappa shape index (κ3) is 15.4. The zero-order chi connectivity index (χ0) is 70.0. The molecule has 6 nitrogen and oxygen atoms in total. The molecule has 0 unspecified atom stereocenters. The highest BCUT2D eigenvalue weighted by molar-refractivity contribution is 6.15. The van der Waals surface area contributed by atoms with Crippen LogP contribution in [0, 0.1) is 139 Å². The maximum absolute atomic E-state index is 9.54. The van der Waals surface area contributed by atoms with Gasteiger partial charge >= 0.3 is 0 Å². The Morgan fingerprint density at radius 1 is 0.108 bits per heavy atom. The first kappa shape index (κ1) is 64.8. The molecule has 0 heterocycles. The standard InChI is InChI=1S/C96H48N6/c97-61-79-25-13-67(14-26-79)1-7-73-37-49-85(50-38-73)91-92(86-51-39-74(40-52-86)8-2-68-15-27-80(62-98)28-16-68)94(88-55-43-76(44-56-88)10-4-70-19-31-82(64-100)32-20-70)96(90-59-47-78(48-60-90)12-6-72-23-35-84(66-102)36-24-72)95(89-57-45-77(46-58-89)11-5-71-21-33-83(65-101)34-22-71)93(91)87-53-41-75(42-54-87)9-3-69-17-29-81(63-99)30-18-69/h13-60H. The zero-order valence-electron chi connectivity index (χ0n) is 54.4. The van der Waals surface area contributed by atoms with Crippen LogP contribution in [-0.4, -0.2) is 0 Å². The number of rotatable bonds is 6. The predicted octanol–water partition coefficient (Wildman–Crippen LogP) is 19.3. The number of hydrogen-bond acceptors (Lipinski definition) is 6. The van der Waals surface area contributed by atoms with Crippen LogP contribution < -0.4 is 0 Å². The molecule has 0 atom stereocenters. The Hall–Kier alpha value is -15.8. The minimum atomic E-state index is 0.550. The first-order valence-electron chi connectivity index (χ1n) is 32.2. The van der Waals surface area contributed by atoms with Crippen molar-refractivity contribution in [1.82, 2.24) is 0 Å². The second-order valence-electron chi connectivity index (χ2n) is 23.3. The summed E-state index contributed by atoms with van der Waals surface area (Å²) in [4.78, 5) is 0. The molecule has 0 aromatic heterocycles. The normalized spacial score (nSPS) is 9.82. The average Bonchev–Trinajstić information content (AvgIpc) is 0.715. The van der Waals surface area contributed by atoms with Crippen molar-refractivity contribution < 1.29 is 0 Å². The second-order valence-corrected chi connectivity index (χ2v) is 23.3. The summed E-state index contributed by atoms with van der Waals surface area (Å²) >= 11 is 0. The topological polar surface area (TPSA) is 143 Å². The van der Waals surface area contributed by atoms with Gasteiger partial charge in [0.25, 0.3) is 0 Å². The monoisotopic (exact) mass is 1280 g/mol. The van der Waals surface area contributed by atoms with Crippen molar-refractivity contribution >= 4 is 0 Å². The van der Waals surface area contributed by atoms with Crippen molar-refractivity contribution in [3.8, 4) is 174 Å². The van der Waals surface area contributed by atoms with Crippen molar-refractivity contribution in [1.29, 1.82) is 31.6 Å². The summed E-state index contributed by atoms with van der Waals surface area (Å²) in [6.07, 6.45) is 0. The molecule has 0 aliphatic carbocycles. The summed E-state index contributed by atoms with van der Waals surface area (Å²) in [5, 5.41) is 57.2. The Bertz CT molecular complexity index is 5060. The van der Waals surface area contributed by atoms with Crippen LogP contribution in [0.3, 0.4) is 0 Å². The predicted molar refractivity (Wildman–Crippen MR) is 402 cm³/mol. The second kappa shape index (κ2) is 30.7. The van der Waals surface area contributed by atoms with E-state index in [1.807, 2.05) is 146 Å². The Morgan fingerprint density at radius 2 is 0.186 bits per heavy atom. The maximum Gasteiger partial charge on any atom is 0.0991 e. The summed E-state index contributed by atoms with van der Waals surface area (Å²) in [7, 11) is 0. The smallest absolute Gasteiger partial charge is 0.0991 e. The van der Waals surface area contributed by atoms with E-state index in [0.717, 1.165) is 134 Å². The first-order chi connectivity index (χ1) is 50.2. The van der Waals surface area contributed by atoms with Gasteiger partial charge in [0.2, 0.25) is 0 Å². The minimum absolute atomic E-state index is 0.550. The maximum atomic E-state index is 9.54. The van der Waals surface area contributed by atoms with Gasteiger partial charge in [-0.15, -0.1) is 0 Å². The van der Waals surface area contributed by atoms with Crippen molar-refractivity contribution in [2.45, 2.75) is 0 Å². The Morgan fingerprint density at radius 3 is 0.275 bits per heavy atom. The first-order valence-corrected chi connectivity index (χ1v) is 32.2. The van der Waals surface area contributed by atoms with Gasteiger partial charge < -0.3 is 0 Å². The van der Waals surface area contributed by atoms with Crippen molar-refractivity contribution in [3.05, 3.63) is 391 Å². The van der Waals surface area contributed by atoms with Gasteiger partial charge in [-0.2, -0.15) is 31.6 Å². The molecule has 0 radical (unpaired) electrons.